The Labute approximate surface area is 160 Å². The van der Waals surface area contributed by atoms with Gasteiger partial charge in [0, 0.05) is 23.5 Å². The number of hydrogen-bond donors (Lipinski definition) is 2. The minimum Gasteiger partial charge on any atom is -0.453 e. The zero-order valence-electron chi connectivity index (χ0n) is 14.6. The number of rotatable bonds is 6. The number of esters is 1. The maximum Gasteiger partial charge on any atom is 0.306 e. The van der Waals surface area contributed by atoms with Gasteiger partial charge in [0.15, 0.2) is 6.10 Å². The van der Waals surface area contributed by atoms with Crippen LogP contribution in [0.25, 0.3) is 10.9 Å². The molecule has 2 aromatic carbocycles. The molecule has 140 valence electrons. The summed E-state index contributed by atoms with van der Waals surface area (Å²) in [5.41, 5.74) is 2.27. The molecule has 1 atom stereocenters. The van der Waals surface area contributed by atoms with Gasteiger partial charge in [-0.2, -0.15) is 0 Å². The number of aromatic nitrogens is 1. The van der Waals surface area contributed by atoms with Gasteiger partial charge >= 0.3 is 5.97 Å². The Hall–Kier alpha value is -2.86. The first-order chi connectivity index (χ1) is 12.9. The van der Waals surface area contributed by atoms with Crippen molar-refractivity contribution in [2.24, 2.45) is 0 Å². The summed E-state index contributed by atoms with van der Waals surface area (Å²) in [7, 11) is 0. The van der Waals surface area contributed by atoms with Crippen LogP contribution in [0, 0.1) is 5.82 Å². The summed E-state index contributed by atoms with van der Waals surface area (Å²) in [6.45, 7) is 1.47. The van der Waals surface area contributed by atoms with E-state index >= 15 is 0 Å². The lowest BCUT2D eigenvalue weighted by atomic mass is 10.1. The number of anilines is 1. The third-order valence-electron chi connectivity index (χ3n) is 4.14. The van der Waals surface area contributed by atoms with Crippen molar-refractivity contribution in [2.75, 3.05) is 5.32 Å². The SMILES string of the molecule is C[C@@H](OC(=O)CCc1c[nH]c2ccccc12)C(=O)Nc1ccc(F)cc1Cl. The van der Waals surface area contributed by atoms with E-state index in [0.29, 0.717) is 6.42 Å². The van der Waals surface area contributed by atoms with E-state index in [4.69, 9.17) is 16.3 Å². The lowest BCUT2D eigenvalue weighted by molar-refractivity contribution is -0.153. The van der Waals surface area contributed by atoms with Crippen molar-refractivity contribution in [3.63, 3.8) is 0 Å². The number of H-pyrrole nitrogens is 1. The molecule has 1 heterocycles. The molecule has 7 heteroatoms. The van der Waals surface area contributed by atoms with E-state index in [1.807, 2.05) is 30.5 Å². The largest absolute Gasteiger partial charge is 0.453 e. The van der Waals surface area contributed by atoms with Crippen LogP contribution in [0.1, 0.15) is 18.9 Å². The Bertz CT molecular complexity index is 986. The van der Waals surface area contributed by atoms with Crippen LogP contribution in [-0.2, 0) is 20.7 Å². The molecule has 3 aromatic rings. The fraction of sp³-hybridized carbons (Fsp3) is 0.200. The van der Waals surface area contributed by atoms with Gasteiger partial charge in [-0.3, -0.25) is 9.59 Å². The van der Waals surface area contributed by atoms with E-state index in [2.05, 4.69) is 10.3 Å². The number of aromatic amines is 1. The summed E-state index contributed by atoms with van der Waals surface area (Å²) in [6.07, 6.45) is 1.52. The quantitative estimate of drug-likeness (QED) is 0.612. The number of carbonyl (C=O) groups is 2. The predicted octanol–water partition coefficient (Wildman–Crippen LogP) is 4.46. The Kier molecular flexibility index (Phi) is 5.76. The molecule has 0 aliphatic carbocycles. The van der Waals surface area contributed by atoms with E-state index in [1.54, 1.807) is 0 Å². The van der Waals surface area contributed by atoms with E-state index in [9.17, 15) is 14.0 Å². The standard InChI is InChI=1S/C20H18ClFN2O3/c1-12(20(26)24-18-8-7-14(22)10-16(18)21)27-19(25)9-6-13-11-23-17-5-3-2-4-15(13)17/h2-5,7-8,10-12,23H,6,9H2,1H3,(H,24,26)/t12-/m1/s1. The summed E-state index contributed by atoms with van der Waals surface area (Å²) in [5, 5.41) is 3.64. The topological polar surface area (TPSA) is 71.2 Å². The molecule has 3 rings (SSSR count). The molecule has 0 saturated carbocycles. The highest BCUT2D eigenvalue weighted by atomic mass is 35.5. The Morgan fingerprint density at radius 3 is 2.81 bits per heavy atom. The first kappa shape index (κ1) is 18.9. The van der Waals surface area contributed by atoms with Crippen LogP contribution in [0.3, 0.4) is 0 Å². The molecule has 1 amide bonds. The lowest BCUT2D eigenvalue weighted by Crippen LogP contribution is -2.30. The molecule has 27 heavy (non-hydrogen) atoms. The molecule has 0 fully saturated rings. The molecule has 5 nitrogen and oxygen atoms in total. The zero-order chi connectivity index (χ0) is 19.4. The van der Waals surface area contributed by atoms with Gasteiger partial charge in [0.1, 0.15) is 5.82 Å². The zero-order valence-corrected chi connectivity index (χ0v) is 15.3. The number of para-hydroxylation sites is 1. The Morgan fingerprint density at radius 1 is 1.26 bits per heavy atom. The first-order valence-corrected chi connectivity index (χ1v) is 8.82. The maximum atomic E-state index is 13.0. The van der Waals surface area contributed by atoms with Gasteiger partial charge < -0.3 is 15.0 Å². The van der Waals surface area contributed by atoms with Gasteiger partial charge in [-0.15, -0.1) is 0 Å². The number of carbonyl (C=O) groups excluding carboxylic acids is 2. The molecule has 2 N–H and O–H groups in total. The third kappa shape index (κ3) is 4.65. The fourth-order valence-electron chi connectivity index (χ4n) is 2.71. The molecular formula is C20H18ClFN2O3. The molecule has 0 aliphatic rings. The van der Waals surface area contributed by atoms with Crippen LogP contribution in [-0.4, -0.2) is 23.0 Å². The van der Waals surface area contributed by atoms with Crippen molar-refractivity contribution in [2.45, 2.75) is 25.9 Å². The maximum absolute atomic E-state index is 13.0. The van der Waals surface area contributed by atoms with E-state index in [0.717, 1.165) is 22.5 Å². The van der Waals surface area contributed by atoms with Gasteiger partial charge in [0.25, 0.3) is 5.91 Å². The Balaban J connectivity index is 1.53. The van der Waals surface area contributed by atoms with Crippen LogP contribution in [0.4, 0.5) is 10.1 Å². The predicted molar refractivity (Wildman–Crippen MR) is 102 cm³/mol. The average molecular weight is 389 g/mol. The molecule has 1 aromatic heterocycles. The van der Waals surface area contributed by atoms with Gasteiger partial charge in [0.2, 0.25) is 0 Å². The smallest absolute Gasteiger partial charge is 0.306 e. The van der Waals surface area contributed by atoms with E-state index < -0.39 is 23.8 Å². The lowest BCUT2D eigenvalue weighted by Gasteiger charge is -2.14. The minimum absolute atomic E-state index is 0.0706. The van der Waals surface area contributed by atoms with Gasteiger partial charge in [-0.05, 0) is 43.2 Å². The monoisotopic (exact) mass is 388 g/mol. The Morgan fingerprint density at radius 2 is 2.04 bits per heavy atom. The minimum atomic E-state index is -0.999. The van der Waals surface area contributed by atoms with E-state index in [-0.39, 0.29) is 17.1 Å². The highest BCUT2D eigenvalue weighted by molar-refractivity contribution is 6.33. The van der Waals surface area contributed by atoms with Gasteiger partial charge in [-0.25, -0.2) is 4.39 Å². The van der Waals surface area contributed by atoms with Crippen molar-refractivity contribution in [1.29, 1.82) is 0 Å². The fourth-order valence-corrected chi connectivity index (χ4v) is 2.92. The molecule has 0 aliphatic heterocycles. The number of aryl methyl sites for hydroxylation is 1. The van der Waals surface area contributed by atoms with Gasteiger partial charge in [0.05, 0.1) is 10.7 Å². The van der Waals surface area contributed by atoms with Crippen molar-refractivity contribution in [3.8, 4) is 0 Å². The number of fused-ring (bicyclic) bond motifs is 1. The summed E-state index contributed by atoms with van der Waals surface area (Å²) in [4.78, 5) is 27.4. The molecule has 0 spiro atoms. The van der Waals surface area contributed by atoms with Crippen molar-refractivity contribution in [3.05, 3.63) is 65.1 Å². The molecule has 0 radical (unpaired) electrons. The summed E-state index contributed by atoms with van der Waals surface area (Å²) >= 11 is 5.87. The molecular weight excluding hydrogens is 371 g/mol. The van der Waals surface area contributed by atoms with Crippen molar-refractivity contribution >= 4 is 40.1 Å². The second-order valence-electron chi connectivity index (χ2n) is 6.11. The highest BCUT2D eigenvalue weighted by Crippen LogP contribution is 2.23. The normalized spacial score (nSPS) is 12.0. The van der Waals surface area contributed by atoms with Crippen LogP contribution in [0.5, 0.6) is 0 Å². The first-order valence-electron chi connectivity index (χ1n) is 8.44. The second kappa shape index (κ2) is 8.22. The van der Waals surface area contributed by atoms with Crippen LogP contribution >= 0.6 is 11.6 Å². The number of amides is 1. The van der Waals surface area contributed by atoms with Crippen molar-refractivity contribution in [1.82, 2.24) is 4.98 Å². The molecule has 0 bridgehead atoms. The number of nitrogens with one attached hydrogen (secondary N) is 2. The highest BCUT2D eigenvalue weighted by Gasteiger charge is 2.19. The average Bonchev–Trinajstić information content (AvgIpc) is 3.05. The number of hydrogen-bond acceptors (Lipinski definition) is 3. The third-order valence-corrected chi connectivity index (χ3v) is 4.45. The number of benzene rings is 2. The van der Waals surface area contributed by atoms with Crippen LogP contribution in [0.2, 0.25) is 5.02 Å². The second-order valence-corrected chi connectivity index (χ2v) is 6.51. The van der Waals surface area contributed by atoms with Crippen LogP contribution < -0.4 is 5.32 Å². The van der Waals surface area contributed by atoms with Crippen molar-refractivity contribution < 1.29 is 18.7 Å². The van der Waals surface area contributed by atoms with Crippen LogP contribution in [0.15, 0.2) is 48.7 Å². The van der Waals surface area contributed by atoms with Gasteiger partial charge in [-0.1, -0.05) is 29.8 Å². The molecule has 0 saturated heterocycles. The summed E-state index contributed by atoms with van der Waals surface area (Å²) in [6, 6.07) is 11.4. The number of halogens is 2. The van der Waals surface area contributed by atoms with E-state index in [1.165, 1.54) is 19.1 Å². The molecule has 0 unspecified atom stereocenters. The summed E-state index contributed by atoms with van der Waals surface area (Å²) < 4.78 is 18.2. The summed E-state index contributed by atoms with van der Waals surface area (Å²) in [5.74, 6) is -1.52. The number of ether oxygens (including phenoxy) is 1.